The van der Waals surface area contributed by atoms with Crippen LogP contribution < -0.4 is 5.11 Å². The van der Waals surface area contributed by atoms with E-state index in [-0.39, 0.29) is 5.92 Å². The topological polar surface area (TPSA) is 40.1 Å². The Labute approximate surface area is 97.0 Å². The molecule has 2 nitrogen and oxygen atoms in total. The molecular formula is C14H19O2-. The predicted octanol–water partition coefficient (Wildman–Crippen LogP) is 1.78. The zero-order valence-corrected chi connectivity index (χ0v) is 9.93. The van der Waals surface area contributed by atoms with Crippen molar-refractivity contribution in [2.45, 2.75) is 26.7 Å². The molecule has 0 saturated heterocycles. The van der Waals surface area contributed by atoms with Gasteiger partial charge in [-0.3, -0.25) is 0 Å². The zero-order valence-electron chi connectivity index (χ0n) is 9.93. The van der Waals surface area contributed by atoms with E-state index in [9.17, 15) is 9.90 Å². The summed E-state index contributed by atoms with van der Waals surface area (Å²) in [7, 11) is 0. The summed E-state index contributed by atoms with van der Waals surface area (Å²) in [4.78, 5) is 9.59. The van der Waals surface area contributed by atoms with Crippen molar-refractivity contribution in [2.75, 3.05) is 0 Å². The molecule has 1 saturated carbocycles. The zero-order chi connectivity index (χ0) is 11.7. The van der Waals surface area contributed by atoms with E-state index < -0.39 is 5.97 Å². The fourth-order valence-electron chi connectivity index (χ4n) is 2.97. The van der Waals surface area contributed by atoms with Gasteiger partial charge in [-0.1, -0.05) is 38.2 Å². The van der Waals surface area contributed by atoms with Crippen LogP contribution in [0.2, 0.25) is 0 Å². The number of allylic oxidation sites excluding steroid dienone is 4. The lowest BCUT2D eigenvalue weighted by Crippen LogP contribution is -2.27. The van der Waals surface area contributed by atoms with Crippen LogP contribution in [-0.4, -0.2) is 5.97 Å². The van der Waals surface area contributed by atoms with E-state index in [0.29, 0.717) is 0 Å². The third-order valence-electron chi connectivity index (χ3n) is 3.93. The van der Waals surface area contributed by atoms with E-state index >= 15 is 0 Å². The van der Waals surface area contributed by atoms with Gasteiger partial charge in [0.2, 0.25) is 0 Å². The van der Waals surface area contributed by atoms with Gasteiger partial charge in [-0.05, 0) is 42.4 Å². The van der Waals surface area contributed by atoms with Crippen molar-refractivity contribution in [1.29, 1.82) is 0 Å². The van der Waals surface area contributed by atoms with Gasteiger partial charge >= 0.3 is 0 Å². The Hall–Kier alpha value is -1.05. The number of aliphatic carboxylic acids is 1. The van der Waals surface area contributed by atoms with Gasteiger partial charge in [0.25, 0.3) is 0 Å². The highest BCUT2D eigenvalue weighted by molar-refractivity contribution is 5.66. The average molecular weight is 219 g/mol. The molecule has 3 aliphatic carbocycles. The average Bonchev–Trinajstić information content (AvgIpc) is 2.92. The molecule has 0 spiro atoms. The minimum Gasteiger partial charge on any atom is -0.550 e. The van der Waals surface area contributed by atoms with Crippen LogP contribution in [0.25, 0.3) is 0 Å². The van der Waals surface area contributed by atoms with Gasteiger partial charge in [0, 0.05) is 5.97 Å². The second-order valence-electron chi connectivity index (χ2n) is 5.33. The number of hydrogen-bond acceptors (Lipinski definition) is 2. The summed E-state index contributed by atoms with van der Waals surface area (Å²) >= 11 is 0. The van der Waals surface area contributed by atoms with Crippen LogP contribution in [0.5, 0.6) is 0 Å². The lowest BCUT2D eigenvalue weighted by molar-refractivity contribution is -0.310. The number of carbonyl (C=O) groups excluding carboxylic acids is 1. The second-order valence-corrected chi connectivity index (χ2v) is 5.33. The first kappa shape index (κ1) is 11.4. The van der Waals surface area contributed by atoms with Crippen molar-refractivity contribution < 1.29 is 9.90 Å². The number of carboxylic acids is 1. The maximum atomic E-state index is 9.59. The molecule has 2 heteroatoms. The van der Waals surface area contributed by atoms with Crippen LogP contribution in [0.1, 0.15) is 26.7 Å². The van der Waals surface area contributed by atoms with Crippen molar-refractivity contribution in [3.05, 3.63) is 24.3 Å². The molecule has 0 radical (unpaired) electrons. The highest BCUT2D eigenvalue weighted by atomic mass is 16.4. The quantitative estimate of drug-likeness (QED) is 0.631. The van der Waals surface area contributed by atoms with Crippen molar-refractivity contribution in [2.24, 2.45) is 29.6 Å². The standard InChI is InChI=1S/C10H12.C4H8O2/c1-2-9-7-4-5-8(6-7)10(9)3-1;1-3(2)4(5)6/h1-2,4-5,7-10H,3,6H2;3H,1-2H3,(H,5,6)/p-1. The van der Waals surface area contributed by atoms with Crippen LogP contribution in [-0.2, 0) is 4.79 Å². The third kappa shape index (κ3) is 2.06. The first-order valence-corrected chi connectivity index (χ1v) is 6.15. The van der Waals surface area contributed by atoms with Gasteiger partial charge in [-0.15, -0.1) is 0 Å². The summed E-state index contributed by atoms with van der Waals surface area (Å²) in [5.74, 6) is 2.49. The molecule has 3 rings (SSSR count). The molecule has 88 valence electrons. The maximum Gasteiger partial charge on any atom is 0.0439 e. The van der Waals surface area contributed by atoms with E-state index in [1.165, 1.54) is 12.8 Å². The molecule has 4 atom stereocenters. The molecule has 16 heavy (non-hydrogen) atoms. The van der Waals surface area contributed by atoms with Gasteiger partial charge in [-0.25, -0.2) is 0 Å². The second kappa shape index (κ2) is 4.44. The molecule has 4 unspecified atom stereocenters. The molecule has 0 aromatic rings. The highest BCUT2D eigenvalue weighted by Crippen LogP contribution is 2.52. The smallest absolute Gasteiger partial charge is 0.0439 e. The Kier molecular flexibility index (Phi) is 3.17. The Morgan fingerprint density at radius 1 is 1.25 bits per heavy atom. The molecule has 0 aromatic heterocycles. The van der Waals surface area contributed by atoms with Gasteiger partial charge in [0.1, 0.15) is 0 Å². The van der Waals surface area contributed by atoms with Crippen LogP contribution in [0, 0.1) is 29.6 Å². The fourth-order valence-corrected chi connectivity index (χ4v) is 2.97. The lowest BCUT2D eigenvalue weighted by atomic mass is 9.86. The van der Waals surface area contributed by atoms with Crippen molar-refractivity contribution in [3.8, 4) is 0 Å². The molecule has 0 amide bonds. The van der Waals surface area contributed by atoms with Gasteiger partial charge < -0.3 is 9.90 Å². The molecule has 0 N–H and O–H groups in total. The minimum atomic E-state index is -0.991. The monoisotopic (exact) mass is 219 g/mol. The normalized spacial score (nSPS) is 37.4. The fraction of sp³-hybridized carbons (Fsp3) is 0.643. The van der Waals surface area contributed by atoms with Gasteiger partial charge in [0.05, 0.1) is 0 Å². The Bertz CT molecular complexity index is 328. The summed E-state index contributed by atoms with van der Waals surface area (Å²) in [6.45, 7) is 3.16. The van der Waals surface area contributed by atoms with Crippen molar-refractivity contribution >= 4 is 5.97 Å². The maximum absolute atomic E-state index is 9.59. The Balaban J connectivity index is 0.000000142. The largest absolute Gasteiger partial charge is 0.550 e. The molecule has 0 aliphatic heterocycles. The highest BCUT2D eigenvalue weighted by Gasteiger charge is 2.44. The number of hydrogen-bond donors (Lipinski definition) is 0. The summed E-state index contributed by atoms with van der Waals surface area (Å²) in [6.07, 6.45) is 12.5. The summed E-state index contributed by atoms with van der Waals surface area (Å²) in [5.41, 5.74) is 0. The van der Waals surface area contributed by atoms with E-state index in [4.69, 9.17) is 0 Å². The number of fused-ring (bicyclic) bond motifs is 5. The molecule has 2 bridgehead atoms. The first-order valence-electron chi connectivity index (χ1n) is 6.15. The summed E-state index contributed by atoms with van der Waals surface area (Å²) in [5, 5.41) is 9.59. The SMILES string of the molecule is C1=CC2C3C=CC(C3)C2C1.CC(C)C(=O)[O-]. The number of rotatable bonds is 1. The molecule has 3 aliphatic rings. The Morgan fingerprint density at radius 3 is 2.44 bits per heavy atom. The van der Waals surface area contributed by atoms with Crippen LogP contribution in [0.4, 0.5) is 0 Å². The summed E-state index contributed by atoms with van der Waals surface area (Å²) in [6, 6.07) is 0. The van der Waals surface area contributed by atoms with E-state index in [1.54, 1.807) is 13.8 Å². The van der Waals surface area contributed by atoms with Gasteiger partial charge in [0.15, 0.2) is 0 Å². The molecule has 1 fully saturated rings. The van der Waals surface area contributed by atoms with E-state index in [1.807, 2.05) is 0 Å². The van der Waals surface area contributed by atoms with Gasteiger partial charge in [-0.2, -0.15) is 0 Å². The van der Waals surface area contributed by atoms with Crippen molar-refractivity contribution in [3.63, 3.8) is 0 Å². The van der Waals surface area contributed by atoms with Crippen LogP contribution in [0.15, 0.2) is 24.3 Å². The molecular weight excluding hydrogens is 200 g/mol. The van der Waals surface area contributed by atoms with Crippen LogP contribution in [0.3, 0.4) is 0 Å². The number of carbonyl (C=O) groups is 1. The first-order chi connectivity index (χ1) is 7.59. The van der Waals surface area contributed by atoms with E-state index in [0.717, 1.165) is 23.7 Å². The summed E-state index contributed by atoms with van der Waals surface area (Å²) < 4.78 is 0. The van der Waals surface area contributed by atoms with Crippen molar-refractivity contribution in [1.82, 2.24) is 0 Å². The van der Waals surface area contributed by atoms with Crippen LogP contribution >= 0.6 is 0 Å². The predicted molar refractivity (Wildman–Crippen MR) is 61.3 cm³/mol. The molecule has 0 aromatic carbocycles. The lowest BCUT2D eigenvalue weighted by Gasteiger charge is -2.18. The minimum absolute atomic E-state index is 0.343. The third-order valence-corrected chi connectivity index (χ3v) is 3.93. The van der Waals surface area contributed by atoms with E-state index in [2.05, 4.69) is 24.3 Å². The molecule has 0 heterocycles. The Morgan fingerprint density at radius 2 is 1.88 bits per heavy atom. The number of carboxylic acid groups (broad SMARTS) is 1.